The molecular formula is C10H16N2O3. The highest BCUT2D eigenvalue weighted by atomic mass is 16.5. The molecule has 0 aromatic rings. The first kappa shape index (κ1) is 11.9. The van der Waals surface area contributed by atoms with Crippen molar-refractivity contribution < 1.29 is 19.4 Å². The molecule has 0 aromatic heterocycles. The van der Waals surface area contributed by atoms with Crippen molar-refractivity contribution >= 4 is 11.7 Å². The van der Waals surface area contributed by atoms with Crippen molar-refractivity contribution in [3.8, 4) is 0 Å². The molecule has 0 unspecified atom stereocenters. The molecule has 0 radical (unpaired) electrons. The molecule has 0 amide bonds. The van der Waals surface area contributed by atoms with Crippen molar-refractivity contribution in [2.24, 2.45) is 0 Å². The second-order valence-electron chi connectivity index (χ2n) is 3.76. The number of carbonyl (C=O) groups is 1. The zero-order chi connectivity index (χ0) is 11.3. The van der Waals surface area contributed by atoms with Crippen LogP contribution >= 0.6 is 0 Å². The lowest BCUT2D eigenvalue weighted by Gasteiger charge is -2.26. The quantitative estimate of drug-likeness (QED) is 0.327. The van der Waals surface area contributed by atoms with Gasteiger partial charge in [-0.3, -0.25) is 0 Å². The molecule has 0 heterocycles. The van der Waals surface area contributed by atoms with Gasteiger partial charge in [0, 0.05) is 0 Å². The van der Waals surface area contributed by atoms with E-state index in [4.69, 9.17) is 10.3 Å². The fourth-order valence-electron chi connectivity index (χ4n) is 1.90. The summed E-state index contributed by atoms with van der Waals surface area (Å²) in [6, 6.07) is 0. The van der Waals surface area contributed by atoms with Gasteiger partial charge in [0.2, 0.25) is 0 Å². The number of hydrogen-bond acceptors (Lipinski definition) is 3. The number of carbonyl (C=O) groups excluding carboxylic acids is 1. The van der Waals surface area contributed by atoms with Crippen molar-refractivity contribution in [2.75, 3.05) is 6.61 Å². The standard InChI is InChI=1S/C10H16N2O3/c1-2-15-9(13)8(12-11)10(14)6-4-3-5-7-10/h14H,2-7H2,1H3. The van der Waals surface area contributed by atoms with Crippen molar-refractivity contribution in [1.29, 1.82) is 0 Å². The molecule has 5 nitrogen and oxygen atoms in total. The topological polar surface area (TPSA) is 82.9 Å². The van der Waals surface area contributed by atoms with Crippen molar-refractivity contribution in [2.45, 2.75) is 44.6 Å². The SMILES string of the molecule is CCOC(=O)C(=[N+]=[N-])C1(O)CCCCC1. The Hall–Kier alpha value is -1.19. The Kier molecular flexibility index (Phi) is 4.00. The lowest BCUT2D eigenvalue weighted by atomic mass is 9.81. The van der Waals surface area contributed by atoms with E-state index in [1.807, 2.05) is 0 Å². The summed E-state index contributed by atoms with van der Waals surface area (Å²) in [4.78, 5) is 14.3. The molecule has 1 aliphatic carbocycles. The highest BCUT2D eigenvalue weighted by Gasteiger charge is 2.46. The summed E-state index contributed by atoms with van der Waals surface area (Å²) < 4.78 is 4.72. The van der Waals surface area contributed by atoms with Gasteiger partial charge in [-0.2, -0.15) is 4.79 Å². The number of hydrogen-bond donors (Lipinski definition) is 1. The maximum absolute atomic E-state index is 11.4. The van der Waals surface area contributed by atoms with Gasteiger partial charge in [0.05, 0.1) is 6.61 Å². The molecule has 84 valence electrons. The molecule has 0 saturated heterocycles. The van der Waals surface area contributed by atoms with Gasteiger partial charge in [0.25, 0.3) is 0 Å². The Morgan fingerprint density at radius 2 is 2.07 bits per heavy atom. The fourth-order valence-corrected chi connectivity index (χ4v) is 1.90. The second kappa shape index (κ2) is 5.05. The molecule has 15 heavy (non-hydrogen) atoms. The summed E-state index contributed by atoms with van der Waals surface area (Å²) >= 11 is 0. The highest BCUT2D eigenvalue weighted by molar-refractivity contribution is 6.37. The number of rotatable bonds is 3. The van der Waals surface area contributed by atoms with Crippen LogP contribution in [0.2, 0.25) is 0 Å². The van der Waals surface area contributed by atoms with Crippen LogP contribution in [0.4, 0.5) is 0 Å². The van der Waals surface area contributed by atoms with E-state index in [1.165, 1.54) is 0 Å². The second-order valence-corrected chi connectivity index (χ2v) is 3.76. The molecule has 1 fully saturated rings. The molecule has 1 rings (SSSR count). The van der Waals surface area contributed by atoms with Crippen LogP contribution in [0, 0.1) is 0 Å². The van der Waals surface area contributed by atoms with Crippen LogP contribution in [-0.2, 0) is 9.53 Å². The van der Waals surface area contributed by atoms with E-state index in [2.05, 4.69) is 4.79 Å². The highest BCUT2D eigenvalue weighted by Crippen LogP contribution is 2.29. The maximum Gasteiger partial charge on any atom is 0.420 e. The van der Waals surface area contributed by atoms with E-state index in [0.717, 1.165) is 19.3 Å². The van der Waals surface area contributed by atoms with Crippen LogP contribution < -0.4 is 0 Å². The molecular weight excluding hydrogens is 196 g/mol. The molecule has 1 saturated carbocycles. The van der Waals surface area contributed by atoms with E-state index in [0.29, 0.717) is 12.8 Å². The van der Waals surface area contributed by atoms with Crippen LogP contribution in [0.5, 0.6) is 0 Å². The third-order valence-corrected chi connectivity index (χ3v) is 2.69. The fraction of sp³-hybridized carbons (Fsp3) is 0.800. The summed E-state index contributed by atoms with van der Waals surface area (Å²) in [6.45, 7) is 1.87. The minimum absolute atomic E-state index is 0.202. The molecule has 1 N–H and O–H groups in total. The lowest BCUT2D eigenvalue weighted by Crippen LogP contribution is -2.46. The Balaban J connectivity index is 2.81. The Bertz CT molecular complexity index is 289. The van der Waals surface area contributed by atoms with Crippen molar-refractivity contribution in [3.05, 3.63) is 5.53 Å². The zero-order valence-electron chi connectivity index (χ0n) is 8.90. The predicted molar refractivity (Wildman–Crippen MR) is 53.3 cm³/mol. The molecule has 5 heteroatoms. The van der Waals surface area contributed by atoms with Crippen molar-refractivity contribution in [3.63, 3.8) is 0 Å². The number of aliphatic hydroxyl groups is 1. The number of nitrogens with zero attached hydrogens (tertiary/aromatic N) is 2. The lowest BCUT2D eigenvalue weighted by molar-refractivity contribution is -0.143. The third-order valence-electron chi connectivity index (χ3n) is 2.69. The van der Waals surface area contributed by atoms with E-state index >= 15 is 0 Å². The normalized spacial score (nSPS) is 19.1. The van der Waals surface area contributed by atoms with Crippen LogP contribution in [0.15, 0.2) is 0 Å². The van der Waals surface area contributed by atoms with Gasteiger partial charge in [-0.05, 0) is 32.6 Å². The van der Waals surface area contributed by atoms with Gasteiger partial charge >= 0.3 is 11.7 Å². The Labute approximate surface area is 88.7 Å². The van der Waals surface area contributed by atoms with Crippen LogP contribution in [-0.4, -0.2) is 33.8 Å². The van der Waals surface area contributed by atoms with Crippen LogP contribution in [0.3, 0.4) is 0 Å². The molecule has 0 aliphatic heterocycles. The summed E-state index contributed by atoms with van der Waals surface area (Å²) in [6.07, 6.45) is 3.59. The minimum Gasteiger partial charge on any atom is -0.457 e. The summed E-state index contributed by atoms with van der Waals surface area (Å²) in [5.74, 6) is -0.732. The third kappa shape index (κ3) is 2.64. The monoisotopic (exact) mass is 212 g/mol. The van der Waals surface area contributed by atoms with Gasteiger partial charge in [-0.1, -0.05) is 6.42 Å². The largest absolute Gasteiger partial charge is 0.457 e. The molecule has 0 bridgehead atoms. The van der Waals surface area contributed by atoms with Crippen molar-refractivity contribution in [1.82, 2.24) is 0 Å². The van der Waals surface area contributed by atoms with E-state index in [9.17, 15) is 9.90 Å². The minimum atomic E-state index is -1.31. The molecule has 0 spiro atoms. The average Bonchev–Trinajstić information content (AvgIpc) is 2.19. The number of esters is 1. The Morgan fingerprint density at radius 3 is 2.53 bits per heavy atom. The van der Waals surface area contributed by atoms with Gasteiger partial charge in [0.1, 0.15) is 0 Å². The summed E-state index contributed by atoms with van der Waals surface area (Å²) in [5, 5.41) is 10.1. The van der Waals surface area contributed by atoms with Gasteiger partial charge in [-0.25, -0.2) is 4.79 Å². The maximum atomic E-state index is 11.4. The first-order valence-electron chi connectivity index (χ1n) is 5.26. The van der Waals surface area contributed by atoms with E-state index < -0.39 is 11.6 Å². The summed E-state index contributed by atoms with van der Waals surface area (Å²) in [7, 11) is 0. The first-order chi connectivity index (χ1) is 7.14. The predicted octanol–water partition coefficient (Wildman–Crippen LogP) is 0.915. The summed E-state index contributed by atoms with van der Waals surface area (Å²) in [5.41, 5.74) is 7.20. The van der Waals surface area contributed by atoms with Crippen LogP contribution in [0.1, 0.15) is 39.0 Å². The van der Waals surface area contributed by atoms with Gasteiger partial charge in [0.15, 0.2) is 5.60 Å². The first-order valence-corrected chi connectivity index (χ1v) is 5.26. The molecule has 0 aromatic carbocycles. The average molecular weight is 212 g/mol. The van der Waals surface area contributed by atoms with Gasteiger partial charge in [-0.15, -0.1) is 0 Å². The van der Waals surface area contributed by atoms with E-state index in [-0.39, 0.29) is 12.3 Å². The smallest absolute Gasteiger partial charge is 0.420 e. The molecule has 0 atom stereocenters. The zero-order valence-corrected chi connectivity index (χ0v) is 8.90. The van der Waals surface area contributed by atoms with Crippen LogP contribution in [0.25, 0.3) is 5.53 Å². The molecule has 1 aliphatic rings. The Morgan fingerprint density at radius 1 is 1.47 bits per heavy atom. The van der Waals surface area contributed by atoms with Gasteiger partial charge < -0.3 is 15.4 Å². The number of ether oxygens (including phenoxy) is 1. The van der Waals surface area contributed by atoms with E-state index in [1.54, 1.807) is 6.92 Å².